The van der Waals surface area contributed by atoms with Crippen molar-refractivity contribution in [2.24, 2.45) is 0 Å². The van der Waals surface area contributed by atoms with E-state index < -0.39 is 0 Å². The first kappa shape index (κ1) is 32.2. The van der Waals surface area contributed by atoms with Crippen LogP contribution in [-0.4, -0.2) is 15.0 Å². The van der Waals surface area contributed by atoms with Gasteiger partial charge in [-0.05, 0) is 62.7 Å². The van der Waals surface area contributed by atoms with E-state index in [1.807, 2.05) is 30.3 Å². The lowest BCUT2D eigenvalue weighted by Crippen LogP contribution is -2.00. The van der Waals surface area contributed by atoms with E-state index >= 15 is 0 Å². The molecule has 0 bridgehead atoms. The normalized spacial score (nSPS) is 11.3. The molecule has 0 radical (unpaired) electrons. The van der Waals surface area contributed by atoms with Crippen LogP contribution in [0.1, 0.15) is 0 Å². The highest BCUT2D eigenvalue weighted by Gasteiger charge is 2.19. The van der Waals surface area contributed by atoms with E-state index in [4.69, 9.17) is 19.4 Å². The van der Waals surface area contributed by atoms with Crippen molar-refractivity contribution in [1.29, 1.82) is 0 Å². The van der Waals surface area contributed by atoms with Gasteiger partial charge in [0.2, 0.25) is 0 Å². The van der Waals surface area contributed by atoms with Crippen LogP contribution in [0.4, 0.5) is 0 Å². The van der Waals surface area contributed by atoms with E-state index in [1.165, 1.54) is 11.1 Å². The molecule has 0 N–H and O–H groups in total. The predicted octanol–water partition coefficient (Wildman–Crippen LogP) is 13.4. The second kappa shape index (κ2) is 13.8. The number of nitrogens with zero attached hydrogens (tertiary/aromatic N) is 3. The largest absolute Gasteiger partial charge is 0.456 e. The molecule has 2 heterocycles. The fraction of sp³-hybridized carbons (Fsp3) is 0. The van der Waals surface area contributed by atoms with Gasteiger partial charge in [0.05, 0.1) is 0 Å². The number of aromatic nitrogens is 3. The molecule has 4 nitrogen and oxygen atoms in total. The fourth-order valence-corrected chi connectivity index (χ4v) is 7.32. The van der Waals surface area contributed by atoms with E-state index in [0.717, 1.165) is 72.0 Å². The maximum atomic E-state index is 6.45. The Bertz CT molecular complexity index is 2820. The van der Waals surface area contributed by atoms with Crippen molar-refractivity contribution in [2.75, 3.05) is 0 Å². The molecule has 8 aromatic carbocycles. The van der Waals surface area contributed by atoms with Crippen molar-refractivity contribution in [3.8, 4) is 78.7 Å². The SMILES string of the molecule is c1ccc(-c2ccc(-c3ccc4oc5cccc(-c6nc(-c7ccc(-c8ccccc8)cc7)nc(-c7ccc(-c8ccccc8)cc7)n6)c5c4c3)cc2)cc1. The third-order valence-electron chi connectivity index (χ3n) is 10.2. The molecule has 2 aromatic heterocycles. The Labute approximate surface area is 319 Å². The van der Waals surface area contributed by atoms with Crippen LogP contribution in [-0.2, 0) is 0 Å². The van der Waals surface area contributed by atoms with E-state index in [1.54, 1.807) is 0 Å². The zero-order chi connectivity index (χ0) is 36.6. The van der Waals surface area contributed by atoms with Gasteiger partial charge in [-0.15, -0.1) is 0 Å². The highest BCUT2D eigenvalue weighted by Crippen LogP contribution is 2.39. The first-order valence-electron chi connectivity index (χ1n) is 18.4. The standard InChI is InChI=1S/C51H33N3O/c1-4-11-34(12-5-1)37-19-21-40(22-20-37)43-31-32-46-45(33-43)48-44(17-10-18-47(48)55-46)51-53-49(41-27-23-38(24-28-41)35-13-6-2-7-14-35)52-50(54-51)42-29-25-39(26-30-42)36-15-8-3-9-16-36/h1-33H. The molecule has 0 saturated heterocycles. The molecular weight excluding hydrogens is 671 g/mol. The van der Waals surface area contributed by atoms with Crippen LogP contribution in [0.2, 0.25) is 0 Å². The predicted molar refractivity (Wildman–Crippen MR) is 225 cm³/mol. The Morgan fingerprint density at radius 3 is 1.13 bits per heavy atom. The molecule has 0 aliphatic rings. The summed E-state index contributed by atoms with van der Waals surface area (Å²) in [6, 6.07) is 69.3. The Hall–Kier alpha value is -7.43. The van der Waals surface area contributed by atoms with Gasteiger partial charge in [0.15, 0.2) is 17.5 Å². The van der Waals surface area contributed by atoms with Gasteiger partial charge < -0.3 is 4.42 Å². The summed E-state index contributed by atoms with van der Waals surface area (Å²) in [5.74, 6) is 1.80. The maximum Gasteiger partial charge on any atom is 0.164 e. The van der Waals surface area contributed by atoms with Gasteiger partial charge in [-0.2, -0.15) is 0 Å². The number of hydrogen-bond donors (Lipinski definition) is 0. The summed E-state index contributed by atoms with van der Waals surface area (Å²) in [7, 11) is 0. The minimum atomic E-state index is 0.588. The second-order valence-electron chi connectivity index (χ2n) is 13.6. The lowest BCUT2D eigenvalue weighted by atomic mass is 9.98. The number of benzene rings is 8. The van der Waals surface area contributed by atoms with Crippen molar-refractivity contribution in [1.82, 2.24) is 15.0 Å². The maximum absolute atomic E-state index is 6.45. The molecule has 0 unspecified atom stereocenters. The van der Waals surface area contributed by atoms with Crippen molar-refractivity contribution in [3.05, 3.63) is 200 Å². The highest BCUT2D eigenvalue weighted by atomic mass is 16.3. The van der Waals surface area contributed by atoms with Gasteiger partial charge in [-0.25, -0.2) is 15.0 Å². The molecule has 0 aliphatic carbocycles. The van der Waals surface area contributed by atoms with Crippen molar-refractivity contribution in [2.45, 2.75) is 0 Å². The van der Waals surface area contributed by atoms with Crippen LogP contribution in [0, 0.1) is 0 Å². The van der Waals surface area contributed by atoms with Crippen LogP contribution >= 0.6 is 0 Å². The van der Waals surface area contributed by atoms with E-state index in [-0.39, 0.29) is 0 Å². The molecule has 0 atom stereocenters. The van der Waals surface area contributed by atoms with Gasteiger partial charge in [-0.1, -0.05) is 182 Å². The molecular formula is C51H33N3O. The summed E-state index contributed by atoms with van der Waals surface area (Å²) in [5, 5.41) is 1.99. The molecule has 0 fully saturated rings. The van der Waals surface area contributed by atoms with Gasteiger partial charge in [-0.3, -0.25) is 0 Å². The third kappa shape index (κ3) is 6.26. The molecule has 0 amide bonds. The average Bonchev–Trinajstić information content (AvgIpc) is 3.66. The topological polar surface area (TPSA) is 51.8 Å². The van der Waals surface area contributed by atoms with E-state index in [2.05, 4.69) is 170 Å². The Balaban J connectivity index is 1.10. The molecule has 4 heteroatoms. The lowest BCUT2D eigenvalue weighted by molar-refractivity contribution is 0.669. The molecule has 55 heavy (non-hydrogen) atoms. The summed E-state index contributed by atoms with van der Waals surface area (Å²) < 4.78 is 6.45. The van der Waals surface area contributed by atoms with Crippen LogP contribution in [0.5, 0.6) is 0 Å². The molecule has 10 aromatic rings. The van der Waals surface area contributed by atoms with Gasteiger partial charge in [0, 0.05) is 27.5 Å². The fourth-order valence-electron chi connectivity index (χ4n) is 7.32. The van der Waals surface area contributed by atoms with E-state index in [9.17, 15) is 0 Å². The first-order chi connectivity index (χ1) is 27.2. The summed E-state index contributed by atoms with van der Waals surface area (Å²) in [4.78, 5) is 15.4. The Kier molecular flexibility index (Phi) is 8.12. The Morgan fingerprint density at radius 1 is 0.273 bits per heavy atom. The molecule has 10 rings (SSSR count). The van der Waals surface area contributed by atoms with Crippen LogP contribution < -0.4 is 0 Å². The minimum absolute atomic E-state index is 0.588. The van der Waals surface area contributed by atoms with Crippen LogP contribution in [0.15, 0.2) is 205 Å². The summed E-state index contributed by atoms with van der Waals surface area (Å²) in [5.41, 5.74) is 13.5. The minimum Gasteiger partial charge on any atom is -0.456 e. The Morgan fingerprint density at radius 2 is 0.655 bits per heavy atom. The summed E-state index contributed by atoms with van der Waals surface area (Å²) in [6.45, 7) is 0. The number of furan rings is 1. The average molecular weight is 704 g/mol. The second-order valence-corrected chi connectivity index (χ2v) is 13.6. The monoisotopic (exact) mass is 703 g/mol. The molecule has 0 spiro atoms. The van der Waals surface area contributed by atoms with Gasteiger partial charge in [0.1, 0.15) is 11.2 Å². The highest BCUT2D eigenvalue weighted by molar-refractivity contribution is 6.12. The molecule has 258 valence electrons. The quantitative estimate of drug-likeness (QED) is 0.166. The molecule has 0 saturated carbocycles. The first-order valence-corrected chi connectivity index (χ1v) is 18.4. The van der Waals surface area contributed by atoms with Crippen molar-refractivity contribution >= 4 is 21.9 Å². The van der Waals surface area contributed by atoms with Crippen LogP contribution in [0.25, 0.3) is 101 Å². The molecule has 0 aliphatic heterocycles. The van der Waals surface area contributed by atoms with Crippen molar-refractivity contribution in [3.63, 3.8) is 0 Å². The number of fused-ring (bicyclic) bond motifs is 3. The zero-order valence-corrected chi connectivity index (χ0v) is 29.8. The van der Waals surface area contributed by atoms with Crippen molar-refractivity contribution < 1.29 is 4.42 Å². The lowest BCUT2D eigenvalue weighted by Gasteiger charge is -2.10. The van der Waals surface area contributed by atoms with Gasteiger partial charge in [0.25, 0.3) is 0 Å². The third-order valence-corrected chi connectivity index (χ3v) is 10.2. The number of rotatable bonds is 7. The van der Waals surface area contributed by atoms with E-state index in [0.29, 0.717) is 17.5 Å². The summed E-state index contributed by atoms with van der Waals surface area (Å²) in [6.07, 6.45) is 0. The summed E-state index contributed by atoms with van der Waals surface area (Å²) >= 11 is 0. The zero-order valence-electron chi connectivity index (χ0n) is 29.8. The number of hydrogen-bond acceptors (Lipinski definition) is 4. The van der Waals surface area contributed by atoms with Crippen LogP contribution in [0.3, 0.4) is 0 Å². The smallest absolute Gasteiger partial charge is 0.164 e. The van der Waals surface area contributed by atoms with Gasteiger partial charge >= 0.3 is 0 Å².